The van der Waals surface area contributed by atoms with Crippen LogP contribution in [0.5, 0.6) is 0 Å². The first-order valence-electron chi connectivity index (χ1n) is 4.64. The number of nitriles is 1. The van der Waals surface area contributed by atoms with E-state index in [1.54, 1.807) is 19.1 Å². The van der Waals surface area contributed by atoms with Gasteiger partial charge in [0.2, 0.25) is 0 Å². The first-order valence-corrected chi connectivity index (χ1v) is 6.92. The fourth-order valence-electron chi connectivity index (χ4n) is 1.20. The highest BCUT2D eigenvalue weighted by atomic mass is 79.9. The van der Waals surface area contributed by atoms with Crippen LogP contribution < -0.4 is 0 Å². The molecule has 0 aliphatic heterocycles. The minimum atomic E-state index is -3.63. The SMILES string of the molecule is Cc1ccc(Br)cc1S(=O)(=O)C(C)(C)C#N. The second-order valence-electron chi connectivity index (χ2n) is 4.04. The van der Waals surface area contributed by atoms with Crippen LogP contribution >= 0.6 is 15.9 Å². The predicted octanol–water partition coefficient (Wildman–Crippen LogP) is 2.83. The number of aryl methyl sites for hydroxylation is 1. The van der Waals surface area contributed by atoms with Crippen LogP contribution in [0.1, 0.15) is 19.4 Å². The van der Waals surface area contributed by atoms with Gasteiger partial charge in [-0.3, -0.25) is 0 Å². The maximum absolute atomic E-state index is 12.2. The molecule has 16 heavy (non-hydrogen) atoms. The van der Waals surface area contributed by atoms with Gasteiger partial charge in [0, 0.05) is 4.47 Å². The Kier molecular flexibility index (Phi) is 3.46. The highest BCUT2D eigenvalue weighted by Gasteiger charge is 2.36. The van der Waals surface area contributed by atoms with Gasteiger partial charge in [0.1, 0.15) is 0 Å². The van der Waals surface area contributed by atoms with E-state index in [9.17, 15) is 8.42 Å². The van der Waals surface area contributed by atoms with Crippen molar-refractivity contribution in [2.45, 2.75) is 30.4 Å². The van der Waals surface area contributed by atoms with Crippen LogP contribution in [0.2, 0.25) is 0 Å². The quantitative estimate of drug-likeness (QED) is 0.844. The van der Waals surface area contributed by atoms with Gasteiger partial charge in [-0.1, -0.05) is 22.0 Å². The molecule has 0 bridgehead atoms. The molecule has 0 N–H and O–H groups in total. The summed E-state index contributed by atoms with van der Waals surface area (Å²) in [6, 6.07) is 6.84. The molecule has 0 aliphatic rings. The molecular weight excluding hydrogens is 290 g/mol. The molecule has 86 valence electrons. The maximum atomic E-state index is 12.2. The Hall–Kier alpha value is -0.860. The van der Waals surface area contributed by atoms with E-state index in [1.165, 1.54) is 19.9 Å². The summed E-state index contributed by atoms with van der Waals surface area (Å²) in [7, 11) is -3.63. The zero-order valence-electron chi connectivity index (χ0n) is 9.28. The van der Waals surface area contributed by atoms with Gasteiger partial charge in [-0.25, -0.2) is 8.42 Å². The molecule has 0 aromatic heterocycles. The Morgan fingerprint density at radius 2 is 1.94 bits per heavy atom. The second kappa shape index (κ2) is 4.19. The van der Waals surface area contributed by atoms with Gasteiger partial charge >= 0.3 is 0 Å². The molecule has 5 heteroatoms. The van der Waals surface area contributed by atoms with E-state index in [1.807, 2.05) is 6.07 Å². The minimum Gasteiger partial charge on any atom is -0.222 e. The van der Waals surface area contributed by atoms with Gasteiger partial charge in [-0.15, -0.1) is 0 Å². The molecule has 0 unspecified atom stereocenters. The van der Waals surface area contributed by atoms with Crippen molar-refractivity contribution in [1.82, 2.24) is 0 Å². The van der Waals surface area contributed by atoms with Crippen LogP contribution in [-0.2, 0) is 9.84 Å². The van der Waals surface area contributed by atoms with Gasteiger partial charge < -0.3 is 0 Å². The lowest BCUT2D eigenvalue weighted by Gasteiger charge is -2.18. The summed E-state index contributed by atoms with van der Waals surface area (Å²) in [5.41, 5.74) is 0.645. The second-order valence-corrected chi connectivity index (χ2v) is 7.42. The number of hydrogen-bond donors (Lipinski definition) is 0. The molecular formula is C11H12BrNO2S. The summed E-state index contributed by atoms with van der Waals surface area (Å²) < 4.78 is 23.7. The van der Waals surface area contributed by atoms with Gasteiger partial charge in [-0.05, 0) is 38.5 Å². The van der Waals surface area contributed by atoms with Gasteiger partial charge in [0.05, 0.1) is 11.0 Å². The smallest absolute Gasteiger partial charge is 0.197 e. The van der Waals surface area contributed by atoms with Crippen molar-refractivity contribution in [2.24, 2.45) is 0 Å². The minimum absolute atomic E-state index is 0.202. The first-order chi connectivity index (χ1) is 7.22. The largest absolute Gasteiger partial charge is 0.222 e. The number of hydrogen-bond acceptors (Lipinski definition) is 3. The number of benzene rings is 1. The lowest BCUT2D eigenvalue weighted by atomic mass is 10.2. The average molecular weight is 302 g/mol. The van der Waals surface area contributed by atoms with Gasteiger partial charge in [0.15, 0.2) is 14.6 Å². The summed E-state index contributed by atoms with van der Waals surface area (Å²) in [5, 5.41) is 8.91. The van der Waals surface area contributed by atoms with Crippen LogP contribution in [0.15, 0.2) is 27.6 Å². The fourth-order valence-corrected chi connectivity index (χ4v) is 3.16. The Bertz CT molecular complexity index is 556. The average Bonchev–Trinajstić information content (AvgIpc) is 2.21. The number of sulfone groups is 1. The van der Waals surface area contributed by atoms with E-state index in [-0.39, 0.29) is 4.90 Å². The highest BCUT2D eigenvalue weighted by Crippen LogP contribution is 2.29. The summed E-state index contributed by atoms with van der Waals surface area (Å²) in [6.07, 6.45) is 0. The van der Waals surface area contributed by atoms with Crippen LogP contribution in [-0.4, -0.2) is 13.2 Å². The summed E-state index contributed by atoms with van der Waals surface area (Å²) in [4.78, 5) is 0.202. The molecule has 3 nitrogen and oxygen atoms in total. The standard InChI is InChI=1S/C11H12BrNO2S/c1-8-4-5-9(12)6-10(8)16(14,15)11(2,3)7-13/h4-6H,1-3H3. The van der Waals surface area contributed by atoms with Gasteiger partial charge in [0.25, 0.3) is 0 Å². The van der Waals surface area contributed by atoms with Crippen molar-refractivity contribution in [1.29, 1.82) is 5.26 Å². The number of rotatable bonds is 2. The summed E-state index contributed by atoms with van der Waals surface area (Å²) in [5.74, 6) is 0. The normalized spacial score (nSPS) is 12.2. The number of halogens is 1. The van der Waals surface area contributed by atoms with E-state index >= 15 is 0 Å². The lowest BCUT2D eigenvalue weighted by molar-refractivity contribution is 0.573. The molecule has 0 aliphatic carbocycles. The van der Waals surface area contributed by atoms with Crippen LogP contribution in [0.4, 0.5) is 0 Å². The Morgan fingerprint density at radius 3 is 2.44 bits per heavy atom. The third-order valence-corrected chi connectivity index (χ3v) is 5.33. The summed E-state index contributed by atoms with van der Waals surface area (Å²) >= 11 is 3.23. The molecule has 0 fully saturated rings. The lowest BCUT2D eigenvalue weighted by Crippen LogP contribution is -2.30. The maximum Gasteiger partial charge on any atom is 0.197 e. The Morgan fingerprint density at radius 1 is 1.38 bits per heavy atom. The zero-order chi connectivity index (χ0) is 12.6. The molecule has 0 heterocycles. The molecule has 1 aromatic carbocycles. The fraction of sp³-hybridized carbons (Fsp3) is 0.364. The number of nitrogens with zero attached hydrogens (tertiary/aromatic N) is 1. The molecule has 0 spiro atoms. The highest BCUT2D eigenvalue weighted by molar-refractivity contribution is 9.10. The topological polar surface area (TPSA) is 57.9 Å². The third-order valence-electron chi connectivity index (χ3n) is 2.38. The van der Waals surface area contributed by atoms with Crippen molar-refractivity contribution in [3.05, 3.63) is 28.2 Å². The van der Waals surface area contributed by atoms with E-state index in [2.05, 4.69) is 15.9 Å². The third kappa shape index (κ3) is 2.13. The summed E-state index contributed by atoms with van der Waals surface area (Å²) in [6.45, 7) is 4.53. The van der Waals surface area contributed by atoms with Crippen molar-refractivity contribution in [3.8, 4) is 6.07 Å². The van der Waals surface area contributed by atoms with Crippen LogP contribution in [0.25, 0.3) is 0 Å². The molecule has 0 atom stereocenters. The van der Waals surface area contributed by atoms with E-state index in [4.69, 9.17) is 5.26 Å². The van der Waals surface area contributed by atoms with E-state index < -0.39 is 14.6 Å². The van der Waals surface area contributed by atoms with Crippen molar-refractivity contribution in [3.63, 3.8) is 0 Å². The van der Waals surface area contributed by atoms with Crippen molar-refractivity contribution in [2.75, 3.05) is 0 Å². The Balaban J connectivity index is 3.52. The molecule has 0 radical (unpaired) electrons. The predicted molar refractivity (Wildman–Crippen MR) is 65.8 cm³/mol. The molecule has 1 aromatic rings. The van der Waals surface area contributed by atoms with E-state index in [0.717, 1.165) is 0 Å². The molecule has 0 saturated heterocycles. The molecule has 0 amide bonds. The van der Waals surface area contributed by atoms with Crippen LogP contribution in [0.3, 0.4) is 0 Å². The monoisotopic (exact) mass is 301 g/mol. The van der Waals surface area contributed by atoms with Crippen molar-refractivity contribution < 1.29 is 8.42 Å². The molecule has 0 saturated carbocycles. The van der Waals surface area contributed by atoms with E-state index in [0.29, 0.717) is 10.0 Å². The zero-order valence-corrected chi connectivity index (χ0v) is 11.7. The van der Waals surface area contributed by atoms with Crippen LogP contribution in [0, 0.1) is 18.3 Å². The molecule has 1 rings (SSSR count). The Labute approximate surface area is 104 Å². The van der Waals surface area contributed by atoms with Crippen molar-refractivity contribution >= 4 is 25.8 Å². The van der Waals surface area contributed by atoms with Gasteiger partial charge in [-0.2, -0.15) is 5.26 Å². The first kappa shape index (κ1) is 13.2.